The van der Waals surface area contributed by atoms with Crippen molar-refractivity contribution < 1.29 is 9.59 Å². The molecule has 264 valence electrons. The Balaban J connectivity index is 1.25. The summed E-state index contributed by atoms with van der Waals surface area (Å²) in [5.41, 5.74) is 7.01. The van der Waals surface area contributed by atoms with Crippen molar-refractivity contribution >= 4 is 36.1 Å². The normalized spacial score (nSPS) is 28.6. The Morgan fingerprint density at radius 2 is 1.73 bits per heavy atom. The number of pyridine rings is 1. The molecule has 51 heavy (non-hydrogen) atoms. The van der Waals surface area contributed by atoms with E-state index in [1.54, 1.807) is 19.4 Å². The minimum atomic E-state index is -0.829. The molecule has 0 aromatic carbocycles. The quantitative estimate of drug-likeness (QED) is 0.231. The molecular weight excluding hydrogens is 639 g/mol. The molecule has 3 unspecified atom stereocenters. The van der Waals surface area contributed by atoms with Crippen molar-refractivity contribution in [3.63, 3.8) is 0 Å². The van der Waals surface area contributed by atoms with Crippen LogP contribution in [0.3, 0.4) is 0 Å². The Bertz CT molecular complexity index is 2140. The van der Waals surface area contributed by atoms with Crippen molar-refractivity contribution in [1.29, 1.82) is 0 Å². The first-order valence-electron chi connectivity index (χ1n) is 18.0. The third-order valence-electron chi connectivity index (χ3n) is 11.9. The first-order valence-corrected chi connectivity index (χ1v) is 18.0. The van der Waals surface area contributed by atoms with Crippen LogP contribution in [-0.2, 0) is 27.0 Å². The van der Waals surface area contributed by atoms with Crippen LogP contribution in [0.1, 0.15) is 107 Å². The van der Waals surface area contributed by atoms with Crippen molar-refractivity contribution in [3.05, 3.63) is 86.9 Å². The van der Waals surface area contributed by atoms with Crippen LogP contribution in [0.25, 0.3) is 0 Å². The lowest BCUT2D eigenvalue weighted by molar-refractivity contribution is -0.119. The number of aromatic nitrogens is 5. The Labute approximate surface area is 298 Å². The number of allylic oxidation sites excluding steroid dienone is 5. The highest BCUT2D eigenvalue weighted by Gasteiger charge is 2.54. The maximum absolute atomic E-state index is 14.6. The van der Waals surface area contributed by atoms with Gasteiger partial charge in [0.15, 0.2) is 23.2 Å². The van der Waals surface area contributed by atoms with E-state index in [9.17, 15) is 9.59 Å². The van der Waals surface area contributed by atoms with E-state index in [1.165, 1.54) is 0 Å². The van der Waals surface area contributed by atoms with E-state index in [2.05, 4.69) is 81.8 Å². The molecular formula is C40H47N9O2. The van der Waals surface area contributed by atoms with Gasteiger partial charge in [0.05, 0.1) is 10.8 Å². The van der Waals surface area contributed by atoms with Crippen molar-refractivity contribution in [2.24, 2.45) is 20.8 Å². The molecule has 11 nitrogen and oxygen atoms in total. The highest BCUT2D eigenvalue weighted by Crippen LogP contribution is 2.58. The second kappa shape index (κ2) is 11.3. The molecule has 0 bridgehead atoms. The lowest BCUT2D eigenvalue weighted by Gasteiger charge is -2.45. The number of carbonyl (C=O) groups is 2. The van der Waals surface area contributed by atoms with Crippen molar-refractivity contribution in [3.8, 4) is 0 Å². The zero-order chi connectivity index (χ0) is 36.1. The molecule has 0 radical (unpaired) electrons. The van der Waals surface area contributed by atoms with Gasteiger partial charge >= 0.3 is 0 Å². The van der Waals surface area contributed by atoms with Crippen LogP contribution in [-0.4, -0.2) is 56.5 Å². The number of anilines is 2. The number of fused-ring (bicyclic) bond motifs is 2. The van der Waals surface area contributed by atoms with Crippen molar-refractivity contribution in [2.45, 2.75) is 103 Å². The van der Waals surface area contributed by atoms with Crippen LogP contribution in [0.4, 0.5) is 11.6 Å². The average molecular weight is 686 g/mol. The standard InChI is InChI=1S/C40H47N9O2/c1-22-30-35(47-46-22)44-27-15-38(4,17-29(51)32(27)39(30,5)24-10-9-13-43-20-24)21-49-34(23-11-12-23)33-36(48-49)45-26-14-37(2,3)16-28(50)31(26)40(33,6)25(18-41-7)19-42-8/h9-10,13,18-20,23H,7,11-12,14-17,21H2,1-6,8H3,(H,45,48)(H2,44,46,47)/b25-18+,42-19?. The molecule has 3 aromatic rings. The number of nitrogens with zero attached hydrogens (tertiary/aromatic N) is 6. The fourth-order valence-corrected chi connectivity index (χ4v) is 9.77. The molecule has 8 rings (SSSR count). The number of hydrogen-bond donors (Lipinski definition) is 3. The number of H-pyrrole nitrogens is 1. The number of aliphatic imine (C=N–C) groups is 2. The van der Waals surface area contributed by atoms with Crippen LogP contribution in [0.2, 0.25) is 0 Å². The fraction of sp³-hybridized carbons (Fsp3) is 0.475. The minimum Gasteiger partial charge on any atom is -0.342 e. The van der Waals surface area contributed by atoms with Gasteiger partial charge in [-0.25, -0.2) is 0 Å². The van der Waals surface area contributed by atoms with Gasteiger partial charge in [-0.1, -0.05) is 26.8 Å². The lowest BCUT2D eigenvalue weighted by atomic mass is 9.61. The van der Waals surface area contributed by atoms with Gasteiger partial charge in [0.25, 0.3) is 0 Å². The number of aromatic amines is 1. The number of nitrogens with one attached hydrogen (secondary N) is 3. The maximum atomic E-state index is 14.6. The molecule has 1 saturated carbocycles. The van der Waals surface area contributed by atoms with Gasteiger partial charge in [-0.3, -0.25) is 34.3 Å². The predicted molar refractivity (Wildman–Crippen MR) is 199 cm³/mol. The van der Waals surface area contributed by atoms with Gasteiger partial charge in [0.2, 0.25) is 0 Å². The number of hydrogen-bond acceptors (Lipinski definition) is 9. The van der Waals surface area contributed by atoms with E-state index in [-0.39, 0.29) is 17.0 Å². The predicted octanol–water partition coefficient (Wildman–Crippen LogP) is 6.85. The van der Waals surface area contributed by atoms with E-state index in [0.717, 1.165) is 87.1 Å². The summed E-state index contributed by atoms with van der Waals surface area (Å²) < 4.78 is 2.15. The van der Waals surface area contributed by atoms with E-state index in [4.69, 9.17) is 5.10 Å². The van der Waals surface area contributed by atoms with Gasteiger partial charge in [0.1, 0.15) is 0 Å². The highest BCUT2D eigenvalue weighted by atomic mass is 16.1. The number of ketones is 2. The summed E-state index contributed by atoms with van der Waals surface area (Å²) in [6.45, 7) is 17.1. The minimum absolute atomic E-state index is 0.114. The molecule has 3 aromatic heterocycles. The Morgan fingerprint density at radius 3 is 2.41 bits per heavy atom. The summed E-state index contributed by atoms with van der Waals surface area (Å²) in [6.07, 6.45) is 11.4. The number of aryl methyl sites for hydroxylation is 1. The molecule has 5 heterocycles. The summed E-state index contributed by atoms with van der Waals surface area (Å²) in [5.74, 6) is 2.06. The Hall–Kier alpha value is -4.93. The van der Waals surface area contributed by atoms with Crippen LogP contribution in [0.5, 0.6) is 0 Å². The summed E-state index contributed by atoms with van der Waals surface area (Å²) in [6, 6.07) is 3.98. The summed E-state index contributed by atoms with van der Waals surface area (Å²) in [5, 5.41) is 20.4. The molecule has 0 spiro atoms. The Kier molecular flexibility index (Phi) is 7.35. The lowest BCUT2D eigenvalue weighted by Crippen LogP contribution is -2.44. The smallest absolute Gasteiger partial charge is 0.162 e. The average Bonchev–Trinajstić information content (AvgIpc) is 3.73. The molecule has 2 aliphatic heterocycles. The molecule has 5 aliphatic rings. The molecule has 0 saturated heterocycles. The molecule has 1 fully saturated rings. The third kappa shape index (κ3) is 4.94. The van der Waals surface area contributed by atoms with Gasteiger partial charge in [-0.2, -0.15) is 10.2 Å². The summed E-state index contributed by atoms with van der Waals surface area (Å²) in [7, 11) is 1.74. The van der Waals surface area contributed by atoms with E-state index in [0.29, 0.717) is 31.7 Å². The molecule has 11 heteroatoms. The second-order valence-electron chi connectivity index (χ2n) is 16.7. The topological polar surface area (TPSA) is 142 Å². The van der Waals surface area contributed by atoms with Gasteiger partial charge < -0.3 is 10.6 Å². The summed E-state index contributed by atoms with van der Waals surface area (Å²) in [4.78, 5) is 41.8. The molecule has 3 atom stereocenters. The maximum Gasteiger partial charge on any atom is 0.162 e. The van der Waals surface area contributed by atoms with Gasteiger partial charge in [-0.15, -0.1) is 0 Å². The van der Waals surface area contributed by atoms with Crippen LogP contribution in [0.15, 0.2) is 68.8 Å². The zero-order valence-electron chi connectivity index (χ0n) is 30.7. The number of rotatable bonds is 7. The first kappa shape index (κ1) is 33.2. The van der Waals surface area contributed by atoms with Crippen LogP contribution in [0, 0.1) is 17.8 Å². The fourth-order valence-electron chi connectivity index (χ4n) is 9.77. The van der Waals surface area contributed by atoms with Gasteiger partial charge in [0, 0.05) is 108 Å². The highest BCUT2D eigenvalue weighted by molar-refractivity contribution is 6.05. The SMILES string of the molecule is C=N/C=C(\C=NC)C1(C)C2=C(CC(C)(C)CC2=O)Nc2nn(CC3(C)CC(=O)C4=C(C3)Nc3n[nH]c(C)c3C4(C)c3cccnc3)c(C3CC3)c21. The number of Topliss-reactive ketones (excluding diaryl/α,β-unsaturated/α-hetero) is 2. The summed E-state index contributed by atoms with van der Waals surface area (Å²) >= 11 is 0. The van der Waals surface area contributed by atoms with E-state index >= 15 is 0 Å². The van der Waals surface area contributed by atoms with Crippen LogP contribution >= 0.6 is 0 Å². The van der Waals surface area contributed by atoms with Gasteiger partial charge in [-0.05, 0) is 75.6 Å². The molecule has 0 amide bonds. The molecule has 3 N–H and O–H groups in total. The van der Waals surface area contributed by atoms with E-state index in [1.807, 2.05) is 31.5 Å². The molecule has 3 aliphatic carbocycles. The largest absolute Gasteiger partial charge is 0.342 e. The third-order valence-corrected chi connectivity index (χ3v) is 11.9. The number of carbonyl (C=O) groups excluding carboxylic acids is 2. The van der Waals surface area contributed by atoms with Crippen LogP contribution < -0.4 is 10.6 Å². The van der Waals surface area contributed by atoms with E-state index < -0.39 is 16.2 Å². The first-order chi connectivity index (χ1) is 24.2. The Morgan fingerprint density at radius 1 is 1.00 bits per heavy atom. The monoisotopic (exact) mass is 685 g/mol. The van der Waals surface area contributed by atoms with Crippen molar-refractivity contribution in [2.75, 3.05) is 17.7 Å². The zero-order valence-corrected chi connectivity index (χ0v) is 30.7. The second-order valence-corrected chi connectivity index (χ2v) is 16.7. The van der Waals surface area contributed by atoms with Crippen molar-refractivity contribution in [1.82, 2.24) is 25.0 Å².